The third-order valence-corrected chi connectivity index (χ3v) is 9.13. The van der Waals surface area contributed by atoms with Gasteiger partial charge in [0, 0.05) is 40.5 Å². The normalized spacial score (nSPS) is 11.2. The average molecular weight is 739 g/mol. The van der Waals surface area contributed by atoms with E-state index in [4.69, 9.17) is 14.6 Å². The Balaban J connectivity index is 0.00000417. The first kappa shape index (κ1) is 34.2. The fraction of sp³-hybridized carbons (Fsp3) is 0.238. The number of aromatic nitrogens is 4. The van der Waals surface area contributed by atoms with Crippen molar-refractivity contribution in [2.45, 2.75) is 60.3 Å². The molecule has 0 spiro atoms. The summed E-state index contributed by atoms with van der Waals surface area (Å²) in [7, 11) is 1.67. The zero-order valence-corrected chi connectivity index (χ0v) is 30.4. The van der Waals surface area contributed by atoms with Crippen molar-refractivity contribution in [3.8, 4) is 39.9 Å². The Morgan fingerprint density at radius 1 is 0.735 bits per heavy atom. The number of aryl methyl sites for hydroxylation is 4. The van der Waals surface area contributed by atoms with E-state index in [1.165, 1.54) is 27.9 Å². The molecule has 3 heterocycles. The summed E-state index contributed by atoms with van der Waals surface area (Å²) < 4.78 is 16.3. The first-order valence-corrected chi connectivity index (χ1v) is 16.9. The summed E-state index contributed by atoms with van der Waals surface area (Å²) in [5.41, 5.74) is 11.5. The van der Waals surface area contributed by atoms with Gasteiger partial charge in [0.1, 0.15) is 11.6 Å². The molecular formula is C42H40N4O2Pd. The summed E-state index contributed by atoms with van der Waals surface area (Å²) in [5, 5.41) is 7.40. The molecule has 7 heteroatoms. The zero-order chi connectivity index (χ0) is 33.4. The van der Waals surface area contributed by atoms with Crippen LogP contribution in [0.2, 0.25) is 0 Å². The summed E-state index contributed by atoms with van der Waals surface area (Å²) in [6, 6.07) is 34.1. The van der Waals surface area contributed by atoms with Crippen LogP contribution in [0.4, 0.5) is 0 Å². The van der Waals surface area contributed by atoms with Crippen LogP contribution in [0.3, 0.4) is 0 Å². The molecule has 0 radical (unpaired) electrons. The van der Waals surface area contributed by atoms with Gasteiger partial charge in [0.05, 0.1) is 12.8 Å². The van der Waals surface area contributed by atoms with Crippen LogP contribution in [0.5, 0.6) is 17.2 Å². The predicted octanol–water partition coefficient (Wildman–Crippen LogP) is 9.99. The second-order valence-corrected chi connectivity index (χ2v) is 12.0. The van der Waals surface area contributed by atoms with E-state index in [-0.39, 0.29) is 20.4 Å². The van der Waals surface area contributed by atoms with Crippen LogP contribution in [-0.4, -0.2) is 26.4 Å². The molecule has 0 atom stereocenters. The zero-order valence-electron chi connectivity index (χ0n) is 28.8. The standard InChI is InChI=1S/C42H40N4O2.Pd/c1-7-28-14-13-15-29(8-2)41(28)42-36(9-3)44-46(37(42)10-4)30-22-27(5)23-33(24-30)48-32-18-19-35-34-16-11-12-17-38(34)45(39(35)25-32)40-26-31(47-6)20-21-43-40;/h11-23,26H,7-10H2,1-6H3;/q-2;+2. The van der Waals surface area contributed by atoms with Gasteiger partial charge in [0.2, 0.25) is 0 Å². The van der Waals surface area contributed by atoms with Gasteiger partial charge in [0.15, 0.2) is 0 Å². The molecule has 0 saturated carbocycles. The summed E-state index contributed by atoms with van der Waals surface area (Å²) in [6.45, 7) is 11.0. The molecule has 4 aromatic carbocycles. The molecule has 6 nitrogen and oxygen atoms in total. The third kappa shape index (κ3) is 6.18. The van der Waals surface area contributed by atoms with E-state index < -0.39 is 0 Å². The largest absolute Gasteiger partial charge is 2.00 e. The number of pyridine rings is 1. The minimum atomic E-state index is 0. The fourth-order valence-corrected chi connectivity index (χ4v) is 6.90. The minimum Gasteiger partial charge on any atom is -0.509 e. The van der Waals surface area contributed by atoms with E-state index in [1.54, 1.807) is 13.3 Å². The van der Waals surface area contributed by atoms with E-state index in [9.17, 15) is 0 Å². The minimum absolute atomic E-state index is 0. The monoisotopic (exact) mass is 738 g/mol. The Labute approximate surface area is 302 Å². The van der Waals surface area contributed by atoms with Crippen LogP contribution in [0.25, 0.3) is 44.4 Å². The van der Waals surface area contributed by atoms with Gasteiger partial charge in [-0.15, -0.1) is 35.7 Å². The van der Waals surface area contributed by atoms with Gasteiger partial charge in [0.25, 0.3) is 0 Å². The van der Waals surface area contributed by atoms with Crippen molar-refractivity contribution < 1.29 is 29.9 Å². The number of benzene rings is 4. The average Bonchev–Trinajstić information content (AvgIpc) is 3.66. The van der Waals surface area contributed by atoms with Gasteiger partial charge in [-0.25, -0.2) is 4.98 Å². The number of methoxy groups -OCH3 is 1. The van der Waals surface area contributed by atoms with Gasteiger partial charge < -0.3 is 14.0 Å². The molecule has 0 N–H and O–H groups in total. The second kappa shape index (κ2) is 14.4. The molecule has 0 saturated heterocycles. The molecule has 0 aliphatic heterocycles. The van der Waals surface area contributed by atoms with Crippen molar-refractivity contribution >= 4 is 21.8 Å². The maximum Gasteiger partial charge on any atom is 2.00 e. The molecule has 49 heavy (non-hydrogen) atoms. The van der Waals surface area contributed by atoms with Crippen LogP contribution in [0, 0.1) is 19.1 Å². The maximum absolute atomic E-state index is 6.55. The van der Waals surface area contributed by atoms with Gasteiger partial charge in [-0.05, 0) is 65.6 Å². The number of ether oxygens (including phenoxy) is 2. The van der Waals surface area contributed by atoms with Gasteiger partial charge >= 0.3 is 20.4 Å². The summed E-state index contributed by atoms with van der Waals surface area (Å²) in [6.07, 6.45) is 5.40. The molecule has 7 rings (SSSR count). The van der Waals surface area contributed by atoms with Crippen molar-refractivity contribution in [1.29, 1.82) is 0 Å². The number of fused-ring (bicyclic) bond motifs is 3. The Kier molecular flexibility index (Phi) is 10.1. The summed E-state index contributed by atoms with van der Waals surface area (Å²) in [5.74, 6) is 2.70. The summed E-state index contributed by atoms with van der Waals surface area (Å²) in [4.78, 5) is 4.68. The first-order chi connectivity index (χ1) is 23.5. The quantitative estimate of drug-likeness (QED) is 0.104. The number of rotatable bonds is 10. The topological polar surface area (TPSA) is 54.1 Å². The molecular weight excluding hydrogens is 699 g/mol. The van der Waals surface area contributed by atoms with Crippen LogP contribution in [0.1, 0.15) is 55.8 Å². The smallest absolute Gasteiger partial charge is 0.509 e. The Morgan fingerprint density at radius 3 is 2.22 bits per heavy atom. The van der Waals surface area contributed by atoms with E-state index in [1.807, 2.05) is 30.3 Å². The Hall–Kier alpha value is -4.70. The number of hydrogen-bond donors (Lipinski definition) is 0. The van der Waals surface area contributed by atoms with E-state index in [0.29, 0.717) is 11.5 Å². The van der Waals surface area contributed by atoms with Crippen molar-refractivity contribution in [2.24, 2.45) is 0 Å². The fourth-order valence-electron chi connectivity index (χ4n) is 6.90. The van der Waals surface area contributed by atoms with Crippen molar-refractivity contribution in [1.82, 2.24) is 19.3 Å². The number of para-hydroxylation sites is 1. The van der Waals surface area contributed by atoms with E-state index in [2.05, 4.69) is 110 Å². The van der Waals surface area contributed by atoms with Crippen LogP contribution in [-0.2, 0) is 46.1 Å². The molecule has 0 aliphatic rings. The van der Waals surface area contributed by atoms with Crippen LogP contribution < -0.4 is 9.47 Å². The van der Waals surface area contributed by atoms with Crippen molar-refractivity contribution in [3.63, 3.8) is 0 Å². The Bertz CT molecular complexity index is 2260. The van der Waals surface area contributed by atoms with Crippen molar-refractivity contribution in [2.75, 3.05) is 7.11 Å². The molecule has 3 aromatic heterocycles. The molecule has 0 amide bonds. The Morgan fingerprint density at radius 2 is 1.51 bits per heavy atom. The van der Waals surface area contributed by atoms with Gasteiger partial charge in [-0.3, -0.25) is 4.68 Å². The number of hydrogen-bond acceptors (Lipinski definition) is 4. The molecule has 0 bridgehead atoms. The van der Waals surface area contributed by atoms with Gasteiger partial charge in [-0.2, -0.15) is 16.7 Å². The third-order valence-electron chi connectivity index (χ3n) is 9.13. The van der Waals surface area contributed by atoms with Crippen LogP contribution >= 0.6 is 0 Å². The maximum atomic E-state index is 6.55. The second-order valence-electron chi connectivity index (χ2n) is 12.0. The first-order valence-electron chi connectivity index (χ1n) is 16.9. The predicted molar refractivity (Wildman–Crippen MR) is 194 cm³/mol. The van der Waals surface area contributed by atoms with Crippen LogP contribution in [0.15, 0.2) is 85.1 Å². The number of nitrogens with zero attached hydrogens (tertiary/aromatic N) is 4. The summed E-state index contributed by atoms with van der Waals surface area (Å²) >= 11 is 0. The molecule has 0 fully saturated rings. The molecule has 0 aliphatic carbocycles. The molecule has 250 valence electrons. The van der Waals surface area contributed by atoms with Crippen molar-refractivity contribution in [3.05, 3.63) is 125 Å². The molecule has 7 aromatic rings. The van der Waals surface area contributed by atoms with Gasteiger partial charge in [-0.1, -0.05) is 76.5 Å². The van der Waals surface area contributed by atoms with E-state index >= 15 is 0 Å². The molecule has 0 unspecified atom stereocenters. The van der Waals surface area contributed by atoms with E-state index in [0.717, 1.165) is 76.0 Å². The SMILES string of the molecule is CCc1cccc(CC)c1-c1c(CC)nn(-c2[c-]c(Oc3[c-]c4c(cc3)c3ccccc3n4-c3cc(OC)ccn3)cc(C)c2)c1CC.[Pd+2].